The molecule has 1 aromatic carbocycles. The van der Waals surface area contributed by atoms with Gasteiger partial charge in [-0.05, 0) is 40.6 Å². The van der Waals surface area contributed by atoms with E-state index >= 15 is 0 Å². The smallest absolute Gasteiger partial charge is 0.247 e. The normalized spacial score (nSPS) is 12.0. The van der Waals surface area contributed by atoms with Gasteiger partial charge < -0.3 is 10.6 Å². The van der Waals surface area contributed by atoms with Gasteiger partial charge in [0.05, 0.1) is 5.69 Å². The molecule has 2 rings (SSSR count). The molecular formula is C14H18N6O2. The molecule has 0 aliphatic rings. The summed E-state index contributed by atoms with van der Waals surface area (Å²) in [6.07, 6.45) is 1.49. The highest BCUT2D eigenvalue weighted by molar-refractivity contribution is 5.97. The molecule has 0 spiro atoms. The monoisotopic (exact) mass is 302 g/mol. The Morgan fingerprint density at radius 1 is 1.18 bits per heavy atom. The molecule has 0 fully saturated rings. The fourth-order valence-corrected chi connectivity index (χ4v) is 1.95. The molecule has 2 N–H and O–H groups in total. The number of nitrogens with zero attached hydrogens (tertiary/aromatic N) is 4. The summed E-state index contributed by atoms with van der Waals surface area (Å²) in [7, 11) is 0. The van der Waals surface area contributed by atoms with E-state index in [2.05, 4.69) is 26.2 Å². The first-order valence-electron chi connectivity index (χ1n) is 6.89. The molecule has 0 bridgehead atoms. The highest BCUT2D eigenvalue weighted by Gasteiger charge is 2.22. The molecule has 1 heterocycles. The predicted molar refractivity (Wildman–Crippen MR) is 80.2 cm³/mol. The van der Waals surface area contributed by atoms with E-state index in [9.17, 15) is 9.59 Å². The number of nitrogens with one attached hydrogen (secondary N) is 2. The minimum atomic E-state index is -0.573. The van der Waals surface area contributed by atoms with Crippen molar-refractivity contribution in [1.29, 1.82) is 0 Å². The summed E-state index contributed by atoms with van der Waals surface area (Å²) in [6, 6.07) is 6.50. The van der Waals surface area contributed by atoms with Crippen molar-refractivity contribution in [1.82, 2.24) is 25.5 Å². The van der Waals surface area contributed by atoms with Gasteiger partial charge in [-0.15, -0.1) is 5.10 Å². The molecule has 0 saturated heterocycles. The standard InChI is InChI=1S/C14H18N6O2/c1-9(2)13(16-10(3)21)14(22)17-11-4-6-12(7-5-11)20-8-15-18-19-20/h4-9,13H,1-3H3,(H,16,21)(H,17,22). The number of hydrogen-bond donors (Lipinski definition) is 2. The molecule has 2 aromatic rings. The van der Waals surface area contributed by atoms with Crippen molar-refractivity contribution in [2.24, 2.45) is 5.92 Å². The van der Waals surface area contributed by atoms with Crippen LogP contribution in [0.15, 0.2) is 30.6 Å². The first kappa shape index (κ1) is 15.6. The first-order chi connectivity index (χ1) is 10.5. The maximum Gasteiger partial charge on any atom is 0.247 e. The van der Waals surface area contributed by atoms with Gasteiger partial charge in [-0.2, -0.15) is 0 Å². The van der Waals surface area contributed by atoms with Gasteiger partial charge in [0.2, 0.25) is 11.8 Å². The maximum absolute atomic E-state index is 12.2. The van der Waals surface area contributed by atoms with Crippen LogP contribution in [0, 0.1) is 5.92 Å². The predicted octanol–water partition coefficient (Wildman–Crippen LogP) is 0.761. The van der Waals surface area contributed by atoms with Crippen LogP contribution in [-0.4, -0.2) is 38.1 Å². The lowest BCUT2D eigenvalue weighted by atomic mass is 10.0. The number of rotatable bonds is 5. The maximum atomic E-state index is 12.2. The molecule has 116 valence electrons. The van der Waals surface area contributed by atoms with Gasteiger partial charge in [-0.25, -0.2) is 4.68 Å². The van der Waals surface area contributed by atoms with E-state index in [1.807, 2.05) is 13.8 Å². The van der Waals surface area contributed by atoms with Crippen molar-refractivity contribution in [3.63, 3.8) is 0 Å². The Balaban J connectivity index is 2.06. The third-order valence-corrected chi connectivity index (χ3v) is 3.06. The summed E-state index contributed by atoms with van der Waals surface area (Å²) in [5.74, 6) is -0.493. The fraction of sp³-hybridized carbons (Fsp3) is 0.357. The van der Waals surface area contributed by atoms with Gasteiger partial charge in [0.25, 0.3) is 0 Å². The van der Waals surface area contributed by atoms with Gasteiger partial charge in [-0.1, -0.05) is 13.8 Å². The number of amides is 2. The zero-order valence-corrected chi connectivity index (χ0v) is 12.6. The summed E-state index contributed by atoms with van der Waals surface area (Å²) in [4.78, 5) is 23.4. The second-order valence-corrected chi connectivity index (χ2v) is 5.21. The first-order valence-corrected chi connectivity index (χ1v) is 6.89. The molecule has 1 aromatic heterocycles. The average molecular weight is 302 g/mol. The molecule has 0 saturated carbocycles. The second-order valence-electron chi connectivity index (χ2n) is 5.21. The SMILES string of the molecule is CC(=O)NC(C(=O)Nc1ccc(-n2cnnn2)cc1)C(C)C. The van der Waals surface area contributed by atoms with E-state index < -0.39 is 6.04 Å². The Kier molecular flexibility index (Phi) is 4.82. The minimum absolute atomic E-state index is 0.00982. The lowest BCUT2D eigenvalue weighted by Crippen LogP contribution is -2.46. The van der Waals surface area contributed by atoms with Crippen LogP contribution in [0.3, 0.4) is 0 Å². The quantitative estimate of drug-likeness (QED) is 0.849. The van der Waals surface area contributed by atoms with Crippen LogP contribution in [0.5, 0.6) is 0 Å². The van der Waals surface area contributed by atoms with Gasteiger partial charge in [0.15, 0.2) is 0 Å². The van der Waals surface area contributed by atoms with Crippen LogP contribution >= 0.6 is 0 Å². The largest absolute Gasteiger partial charge is 0.344 e. The number of anilines is 1. The minimum Gasteiger partial charge on any atom is -0.344 e. The second kappa shape index (κ2) is 6.79. The van der Waals surface area contributed by atoms with Crippen molar-refractivity contribution < 1.29 is 9.59 Å². The number of benzene rings is 1. The molecular weight excluding hydrogens is 284 g/mol. The molecule has 2 amide bonds. The van der Waals surface area contributed by atoms with Gasteiger partial charge >= 0.3 is 0 Å². The molecule has 8 heteroatoms. The van der Waals surface area contributed by atoms with E-state index in [-0.39, 0.29) is 17.7 Å². The van der Waals surface area contributed by atoms with Crippen LogP contribution < -0.4 is 10.6 Å². The number of carbonyl (C=O) groups is 2. The van der Waals surface area contributed by atoms with Crippen LogP contribution in [-0.2, 0) is 9.59 Å². The van der Waals surface area contributed by atoms with Crippen LogP contribution in [0.1, 0.15) is 20.8 Å². The lowest BCUT2D eigenvalue weighted by molar-refractivity contribution is -0.126. The Hall–Kier alpha value is -2.77. The van der Waals surface area contributed by atoms with Crippen molar-refractivity contribution >= 4 is 17.5 Å². The highest BCUT2D eigenvalue weighted by atomic mass is 16.2. The van der Waals surface area contributed by atoms with E-state index in [4.69, 9.17) is 0 Å². The van der Waals surface area contributed by atoms with Gasteiger partial charge in [0.1, 0.15) is 12.4 Å². The third kappa shape index (κ3) is 3.87. The van der Waals surface area contributed by atoms with Crippen molar-refractivity contribution in [2.45, 2.75) is 26.8 Å². The topological polar surface area (TPSA) is 102 Å². The molecule has 1 unspecified atom stereocenters. The summed E-state index contributed by atoms with van der Waals surface area (Å²) in [5, 5.41) is 16.3. The third-order valence-electron chi connectivity index (χ3n) is 3.06. The zero-order valence-electron chi connectivity index (χ0n) is 12.6. The molecule has 0 aliphatic heterocycles. The summed E-state index contributed by atoms with van der Waals surface area (Å²) in [5.41, 5.74) is 1.42. The van der Waals surface area contributed by atoms with Crippen molar-refractivity contribution in [3.8, 4) is 5.69 Å². The number of carbonyl (C=O) groups excluding carboxylic acids is 2. The van der Waals surface area contributed by atoms with E-state index in [0.717, 1.165) is 5.69 Å². The highest BCUT2D eigenvalue weighted by Crippen LogP contribution is 2.13. The molecule has 22 heavy (non-hydrogen) atoms. The molecule has 8 nitrogen and oxygen atoms in total. The van der Waals surface area contributed by atoms with Gasteiger partial charge in [0, 0.05) is 12.6 Å². The molecule has 0 radical (unpaired) electrons. The number of tetrazole rings is 1. The summed E-state index contributed by atoms with van der Waals surface area (Å²) < 4.78 is 1.51. The average Bonchev–Trinajstić information content (AvgIpc) is 2.99. The zero-order chi connectivity index (χ0) is 16.1. The molecule has 1 atom stereocenters. The van der Waals surface area contributed by atoms with E-state index in [0.29, 0.717) is 5.69 Å². The Morgan fingerprint density at radius 3 is 2.36 bits per heavy atom. The van der Waals surface area contributed by atoms with Crippen molar-refractivity contribution in [2.75, 3.05) is 5.32 Å². The fourth-order valence-electron chi connectivity index (χ4n) is 1.95. The Bertz CT molecular complexity index is 636. The Morgan fingerprint density at radius 2 is 1.86 bits per heavy atom. The van der Waals surface area contributed by atoms with E-state index in [1.54, 1.807) is 24.3 Å². The summed E-state index contributed by atoms with van der Waals surface area (Å²) >= 11 is 0. The summed E-state index contributed by atoms with van der Waals surface area (Å²) in [6.45, 7) is 5.14. The number of aromatic nitrogens is 4. The van der Waals surface area contributed by atoms with Crippen LogP contribution in [0.25, 0.3) is 5.69 Å². The lowest BCUT2D eigenvalue weighted by Gasteiger charge is -2.21. The molecule has 0 aliphatic carbocycles. The Labute approximate surface area is 127 Å². The van der Waals surface area contributed by atoms with E-state index in [1.165, 1.54) is 17.9 Å². The van der Waals surface area contributed by atoms with Crippen LogP contribution in [0.4, 0.5) is 5.69 Å². The van der Waals surface area contributed by atoms with Gasteiger partial charge in [-0.3, -0.25) is 9.59 Å². The van der Waals surface area contributed by atoms with Crippen LogP contribution in [0.2, 0.25) is 0 Å². The number of hydrogen-bond acceptors (Lipinski definition) is 5. The van der Waals surface area contributed by atoms with Crippen molar-refractivity contribution in [3.05, 3.63) is 30.6 Å².